The molecule has 0 amide bonds. The number of rotatable bonds is 13. The van der Waals surface area contributed by atoms with Crippen LogP contribution in [0.1, 0.15) is 22.3 Å². The van der Waals surface area contributed by atoms with Crippen LogP contribution in [-0.4, -0.2) is 19.9 Å². The van der Waals surface area contributed by atoms with Crippen LogP contribution in [0.5, 0.6) is 0 Å². The van der Waals surface area contributed by atoms with Crippen molar-refractivity contribution in [3.63, 3.8) is 0 Å². The summed E-state index contributed by atoms with van der Waals surface area (Å²) < 4.78 is 6.29. The van der Waals surface area contributed by atoms with Crippen LogP contribution in [0.15, 0.2) is 248 Å². The molecule has 0 aliphatic heterocycles. The van der Waals surface area contributed by atoms with Crippen molar-refractivity contribution in [1.82, 2.24) is 19.9 Å². The van der Waals surface area contributed by atoms with Gasteiger partial charge >= 0.3 is 0 Å². The third-order valence-corrected chi connectivity index (χ3v) is 13.5. The average molecular weight is 913 g/mol. The summed E-state index contributed by atoms with van der Waals surface area (Å²) in [4.78, 5) is 19.5. The first-order valence-electron chi connectivity index (χ1n) is 24.3. The molecule has 5 heterocycles. The van der Waals surface area contributed by atoms with Gasteiger partial charge in [0.15, 0.2) is 5.58 Å². The Kier molecular flexibility index (Phi) is 11.9. The maximum atomic E-state index is 6.29. The van der Waals surface area contributed by atoms with Crippen molar-refractivity contribution < 1.29 is 4.42 Å². The van der Waals surface area contributed by atoms with Crippen molar-refractivity contribution in [3.05, 3.63) is 265 Å². The molecule has 0 saturated heterocycles. The van der Waals surface area contributed by atoms with Gasteiger partial charge in [-0.3, -0.25) is 19.9 Å². The third-order valence-electron chi connectivity index (χ3n) is 13.5. The highest BCUT2D eigenvalue weighted by molar-refractivity contribution is 6.03. The lowest BCUT2D eigenvalue weighted by Gasteiger charge is -2.18. The summed E-state index contributed by atoms with van der Waals surface area (Å²) in [6.07, 6.45) is 11.4. The highest BCUT2D eigenvalue weighted by Crippen LogP contribution is 2.41. The van der Waals surface area contributed by atoms with Crippen LogP contribution in [0.2, 0.25) is 0 Å². The fraction of sp³-hybridized carbons (Fsp3) is 0.0606. The minimum absolute atomic E-state index is 0.773. The maximum absolute atomic E-state index is 6.29. The standard InChI is InChI=1S/C66H48N4O/c1-4-13-49(14-5-1)50-28-30-51(31-29-50)59-41-63(54-32-33-58-65(40-54)71-64-21-12-36-67-66(58)64)70-44-60(59)57-20-11-10-19-56(57)55-38-47(24-22-45-26-34-61(68-42-45)52-15-6-2-7-16-52)37-48(39-55)25-23-46-27-35-62(69-43-46)53-17-8-3-9-18-53/h1-21,26-44H,22-25H2. The Balaban J connectivity index is 0.924. The van der Waals surface area contributed by atoms with Crippen LogP contribution < -0.4 is 0 Å². The monoisotopic (exact) mass is 912 g/mol. The molecule has 5 aromatic heterocycles. The lowest BCUT2D eigenvalue weighted by molar-refractivity contribution is 0.668. The summed E-state index contributed by atoms with van der Waals surface area (Å²) in [6.45, 7) is 0. The number of hydrogen-bond acceptors (Lipinski definition) is 5. The fourth-order valence-corrected chi connectivity index (χ4v) is 9.75. The van der Waals surface area contributed by atoms with Crippen molar-refractivity contribution in [2.45, 2.75) is 25.7 Å². The van der Waals surface area contributed by atoms with Gasteiger partial charge in [0.05, 0.1) is 17.1 Å². The molecule has 12 rings (SSSR count). The van der Waals surface area contributed by atoms with E-state index in [-0.39, 0.29) is 0 Å². The van der Waals surface area contributed by atoms with E-state index in [1.807, 2.05) is 42.9 Å². The normalized spacial score (nSPS) is 11.3. The molecule has 338 valence electrons. The van der Waals surface area contributed by atoms with Gasteiger partial charge in [-0.2, -0.15) is 0 Å². The Morgan fingerprint density at radius 3 is 1.44 bits per heavy atom. The number of nitrogens with zero attached hydrogens (tertiary/aromatic N) is 4. The number of benzene rings is 7. The van der Waals surface area contributed by atoms with Crippen LogP contribution in [0.3, 0.4) is 0 Å². The first kappa shape index (κ1) is 43.2. The van der Waals surface area contributed by atoms with Crippen molar-refractivity contribution in [2.75, 3.05) is 0 Å². The second-order valence-corrected chi connectivity index (χ2v) is 18.1. The Morgan fingerprint density at radius 2 is 0.817 bits per heavy atom. The second kappa shape index (κ2) is 19.5. The molecular weight excluding hydrogens is 865 g/mol. The van der Waals surface area contributed by atoms with Crippen molar-refractivity contribution in [2.24, 2.45) is 0 Å². The van der Waals surface area contributed by atoms with E-state index >= 15 is 0 Å². The summed E-state index contributed by atoms with van der Waals surface area (Å²) in [5.74, 6) is 0. The average Bonchev–Trinajstić information content (AvgIpc) is 3.83. The van der Waals surface area contributed by atoms with E-state index in [0.29, 0.717) is 0 Å². The van der Waals surface area contributed by atoms with Crippen LogP contribution in [0.25, 0.3) is 100 Å². The molecule has 7 aromatic carbocycles. The van der Waals surface area contributed by atoms with Gasteiger partial charge in [-0.25, -0.2) is 0 Å². The molecule has 0 aliphatic carbocycles. The first-order valence-corrected chi connectivity index (χ1v) is 24.3. The van der Waals surface area contributed by atoms with Gasteiger partial charge in [-0.15, -0.1) is 0 Å². The molecule has 0 fully saturated rings. The molecule has 0 aliphatic rings. The number of aromatic nitrogens is 4. The zero-order valence-corrected chi connectivity index (χ0v) is 39.1. The van der Waals surface area contributed by atoms with E-state index in [0.717, 1.165) is 109 Å². The summed E-state index contributed by atoms with van der Waals surface area (Å²) in [6, 6.07) is 77.3. The highest BCUT2D eigenvalue weighted by Gasteiger charge is 2.18. The summed E-state index contributed by atoms with van der Waals surface area (Å²) in [7, 11) is 0. The van der Waals surface area contributed by atoms with Gasteiger partial charge in [0.2, 0.25) is 0 Å². The molecule has 0 spiro atoms. The van der Waals surface area contributed by atoms with Crippen LogP contribution in [0, 0.1) is 0 Å². The number of pyridine rings is 4. The zero-order chi connectivity index (χ0) is 47.3. The lowest BCUT2D eigenvalue weighted by Crippen LogP contribution is -1.99. The summed E-state index contributed by atoms with van der Waals surface area (Å²) in [5, 5.41) is 0.989. The lowest BCUT2D eigenvalue weighted by atomic mass is 9.87. The minimum Gasteiger partial charge on any atom is -0.454 e. The number of fused-ring (bicyclic) bond motifs is 3. The summed E-state index contributed by atoms with van der Waals surface area (Å²) in [5.41, 5.74) is 22.6. The van der Waals surface area contributed by atoms with E-state index in [1.165, 1.54) is 38.9 Å². The number of hydrogen-bond donors (Lipinski definition) is 0. The van der Waals surface area contributed by atoms with Gasteiger partial charge in [0.1, 0.15) is 11.1 Å². The predicted octanol–water partition coefficient (Wildman–Crippen LogP) is 16.4. The van der Waals surface area contributed by atoms with E-state index in [4.69, 9.17) is 19.4 Å². The van der Waals surface area contributed by atoms with E-state index < -0.39 is 0 Å². The SMILES string of the molecule is c1ccc(-c2ccc(-c3cc(-c4ccc5c(c4)oc4cccnc45)ncc3-c3ccccc3-c3cc(CCc4ccc(-c5ccccc5)nc4)cc(CCc4ccc(-c5ccccc5)nc4)c3)cc2)cc1. The molecule has 0 unspecified atom stereocenters. The molecule has 0 bridgehead atoms. The Morgan fingerprint density at radius 1 is 0.282 bits per heavy atom. The smallest absolute Gasteiger partial charge is 0.153 e. The molecule has 5 nitrogen and oxygen atoms in total. The van der Waals surface area contributed by atoms with E-state index in [9.17, 15) is 0 Å². The molecule has 0 radical (unpaired) electrons. The van der Waals surface area contributed by atoms with Crippen molar-refractivity contribution in [1.29, 1.82) is 0 Å². The Bertz CT molecular complexity index is 3670. The molecule has 0 atom stereocenters. The van der Waals surface area contributed by atoms with E-state index in [2.05, 4.69) is 205 Å². The number of furan rings is 1. The molecule has 5 heteroatoms. The fourth-order valence-electron chi connectivity index (χ4n) is 9.75. The quantitative estimate of drug-likeness (QED) is 0.115. The Hall–Kier alpha value is -9.06. The van der Waals surface area contributed by atoms with Gasteiger partial charge in [0.25, 0.3) is 0 Å². The van der Waals surface area contributed by atoms with Gasteiger partial charge in [0, 0.05) is 52.4 Å². The minimum atomic E-state index is 0.773. The van der Waals surface area contributed by atoms with Crippen LogP contribution >= 0.6 is 0 Å². The second-order valence-electron chi connectivity index (χ2n) is 18.1. The number of aryl methyl sites for hydroxylation is 4. The molecule has 0 saturated carbocycles. The van der Waals surface area contributed by atoms with Crippen LogP contribution in [-0.2, 0) is 25.7 Å². The highest BCUT2D eigenvalue weighted by atomic mass is 16.3. The predicted molar refractivity (Wildman–Crippen MR) is 291 cm³/mol. The van der Waals surface area contributed by atoms with Gasteiger partial charge in [-0.1, -0.05) is 176 Å². The Labute approximate surface area is 413 Å². The van der Waals surface area contributed by atoms with Gasteiger partial charge < -0.3 is 4.42 Å². The van der Waals surface area contributed by atoms with Gasteiger partial charge in [-0.05, 0) is 129 Å². The van der Waals surface area contributed by atoms with Crippen molar-refractivity contribution >= 4 is 22.1 Å². The van der Waals surface area contributed by atoms with Crippen molar-refractivity contribution in [3.8, 4) is 78.3 Å². The largest absolute Gasteiger partial charge is 0.454 e. The molecule has 12 aromatic rings. The van der Waals surface area contributed by atoms with E-state index in [1.54, 1.807) is 0 Å². The molecule has 0 N–H and O–H groups in total. The van der Waals surface area contributed by atoms with Crippen LogP contribution in [0.4, 0.5) is 0 Å². The molecule has 71 heavy (non-hydrogen) atoms. The summed E-state index contributed by atoms with van der Waals surface area (Å²) >= 11 is 0. The first-order chi connectivity index (χ1) is 35.1. The molecular formula is C66H48N4O. The topological polar surface area (TPSA) is 64.7 Å². The maximum Gasteiger partial charge on any atom is 0.153 e. The zero-order valence-electron chi connectivity index (χ0n) is 39.1. The third kappa shape index (κ3) is 9.29.